The third kappa shape index (κ3) is 5.15. The summed E-state index contributed by atoms with van der Waals surface area (Å²) in [6, 6.07) is 19.6. The molecule has 8 heteroatoms. The predicted octanol–water partition coefficient (Wildman–Crippen LogP) is 4.40. The number of carbonyl (C=O) groups excluding carboxylic acids is 2. The minimum Gasteiger partial charge on any atom is -0.326 e. The first-order chi connectivity index (χ1) is 15.3. The van der Waals surface area contributed by atoms with E-state index in [1.54, 1.807) is 42.5 Å². The highest BCUT2D eigenvalue weighted by Crippen LogP contribution is 2.31. The summed E-state index contributed by atoms with van der Waals surface area (Å²) in [6.07, 6.45) is 1.83. The summed E-state index contributed by atoms with van der Waals surface area (Å²) in [5.41, 5.74) is 2.81. The molecule has 0 spiro atoms. The highest BCUT2D eigenvalue weighted by Gasteiger charge is 2.29. The minimum absolute atomic E-state index is 0.000302. The molecule has 0 atom stereocenters. The summed E-state index contributed by atoms with van der Waals surface area (Å²) in [5.74, 6) is -0.247. The zero-order valence-corrected chi connectivity index (χ0v) is 18.3. The summed E-state index contributed by atoms with van der Waals surface area (Å²) in [5, 5.41) is 5.72. The van der Waals surface area contributed by atoms with Gasteiger partial charge in [-0.15, -0.1) is 0 Å². The number of sulfonamides is 1. The molecular formula is C24H23N3O4S. The van der Waals surface area contributed by atoms with Crippen molar-refractivity contribution in [3.8, 4) is 0 Å². The number of anilines is 3. The van der Waals surface area contributed by atoms with Crippen LogP contribution in [0.25, 0.3) is 0 Å². The zero-order chi connectivity index (χ0) is 22.7. The van der Waals surface area contributed by atoms with E-state index in [1.165, 1.54) is 24.3 Å². The Morgan fingerprint density at radius 2 is 1.50 bits per heavy atom. The number of hydrogen-bond acceptors (Lipinski definition) is 4. The molecule has 0 heterocycles. The molecule has 0 aliphatic heterocycles. The molecule has 1 aliphatic rings. The molecule has 32 heavy (non-hydrogen) atoms. The van der Waals surface area contributed by atoms with Gasteiger partial charge >= 0.3 is 0 Å². The van der Waals surface area contributed by atoms with Crippen molar-refractivity contribution in [3.63, 3.8) is 0 Å². The fraction of sp³-hybridized carbons (Fsp3) is 0.167. The second-order valence-electron chi connectivity index (χ2n) is 7.74. The van der Waals surface area contributed by atoms with Crippen molar-refractivity contribution in [2.75, 3.05) is 15.4 Å². The Hall–Kier alpha value is -3.65. The Morgan fingerprint density at radius 1 is 0.844 bits per heavy atom. The van der Waals surface area contributed by atoms with Gasteiger partial charge in [-0.05, 0) is 73.9 Å². The SMILES string of the molecule is Cc1ccc(NC(=O)C2CC2)cc1NC(=O)c1ccc(NS(=O)(=O)c2ccccc2)cc1. The van der Waals surface area contributed by atoms with Crippen molar-refractivity contribution >= 4 is 38.9 Å². The highest BCUT2D eigenvalue weighted by atomic mass is 32.2. The van der Waals surface area contributed by atoms with E-state index in [9.17, 15) is 18.0 Å². The molecule has 3 N–H and O–H groups in total. The average molecular weight is 450 g/mol. The Bertz CT molecular complexity index is 1250. The normalized spacial score (nSPS) is 13.3. The molecule has 7 nitrogen and oxygen atoms in total. The summed E-state index contributed by atoms with van der Waals surface area (Å²) >= 11 is 0. The first kappa shape index (κ1) is 21.6. The Labute approximate surface area is 186 Å². The minimum atomic E-state index is -3.70. The van der Waals surface area contributed by atoms with Crippen LogP contribution < -0.4 is 15.4 Å². The molecule has 1 aliphatic carbocycles. The summed E-state index contributed by atoms with van der Waals surface area (Å²) in [4.78, 5) is 24.8. The third-order valence-electron chi connectivity index (χ3n) is 5.15. The monoisotopic (exact) mass is 449 g/mol. The van der Waals surface area contributed by atoms with Gasteiger partial charge in [0.05, 0.1) is 4.90 Å². The predicted molar refractivity (Wildman–Crippen MR) is 124 cm³/mol. The summed E-state index contributed by atoms with van der Waals surface area (Å²) < 4.78 is 27.4. The fourth-order valence-electron chi connectivity index (χ4n) is 3.12. The van der Waals surface area contributed by atoms with Crippen LogP contribution in [0.1, 0.15) is 28.8 Å². The van der Waals surface area contributed by atoms with Gasteiger partial charge in [0.25, 0.3) is 15.9 Å². The quantitative estimate of drug-likeness (QED) is 0.497. The number of benzene rings is 3. The largest absolute Gasteiger partial charge is 0.326 e. The lowest BCUT2D eigenvalue weighted by Crippen LogP contribution is -2.16. The smallest absolute Gasteiger partial charge is 0.261 e. The molecule has 0 bridgehead atoms. The van der Waals surface area contributed by atoms with Crippen molar-refractivity contribution in [2.45, 2.75) is 24.7 Å². The lowest BCUT2D eigenvalue weighted by Gasteiger charge is -2.12. The average Bonchev–Trinajstić information content (AvgIpc) is 3.62. The van der Waals surface area contributed by atoms with Crippen molar-refractivity contribution < 1.29 is 18.0 Å². The number of rotatable bonds is 7. The maximum atomic E-state index is 12.7. The Kier molecular flexibility index (Phi) is 5.96. The van der Waals surface area contributed by atoms with E-state index in [1.807, 2.05) is 13.0 Å². The molecule has 3 aromatic carbocycles. The van der Waals surface area contributed by atoms with Crippen LogP contribution in [0, 0.1) is 12.8 Å². The van der Waals surface area contributed by atoms with Gasteiger partial charge in [0, 0.05) is 28.5 Å². The van der Waals surface area contributed by atoms with Gasteiger partial charge in [-0.25, -0.2) is 8.42 Å². The Morgan fingerprint density at radius 3 is 2.16 bits per heavy atom. The van der Waals surface area contributed by atoms with Gasteiger partial charge in [-0.1, -0.05) is 24.3 Å². The second-order valence-corrected chi connectivity index (χ2v) is 9.43. The molecule has 0 unspecified atom stereocenters. The van der Waals surface area contributed by atoms with E-state index in [2.05, 4.69) is 15.4 Å². The first-order valence-corrected chi connectivity index (χ1v) is 11.7. The summed E-state index contributed by atoms with van der Waals surface area (Å²) in [6.45, 7) is 1.86. The molecule has 0 saturated heterocycles. The number of amides is 2. The van der Waals surface area contributed by atoms with Crippen LogP contribution >= 0.6 is 0 Å². The number of aryl methyl sites for hydroxylation is 1. The number of carbonyl (C=O) groups is 2. The van der Waals surface area contributed by atoms with Gasteiger partial charge in [-0.2, -0.15) is 0 Å². The topological polar surface area (TPSA) is 104 Å². The second kappa shape index (κ2) is 8.84. The zero-order valence-electron chi connectivity index (χ0n) is 17.5. The number of hydrogen-bond donors (Lipinski definition) is 3. The van der Waals surface area contributed by atoms with Crippen LogP contribution in [0.4, 0.5) is 17.1 Å². The maximum absolute atomic E-state index is 12.7. The van der Waals surface area contributed by atoms with Crippen LogP contribution in [-0.4, -0.2) is 20.2 Å². The van der Waals surface area contributed by atoms with E-state index in [0.29, 0.717) is 22.6 Å². The molecule has 0 radical (unpaired) electrons. The number of nitrogens with one attached hydrogen (secondary N) is 3. The van der Waals surface area contributed by atoms with Crippen molar-refractivity contribution in [2.24, 2.45) is 5.92 Å². The molecule has 2 amide bonds. The van der Waals surface area contributed by atoms with Gasteiger partial charge in [0.15, 0.2) is 0 Å². The molecule has 164 valence electrons. The van der Waals surface area contributed by atoms with Crippen molar-refractivity contribution in [1.29, 1.82) is 0 Å². The molecule has 4 rings (SSSR count). The van der Waals surface area contributed by atoms with Gasteiger partial charge in [0.1, 0.15) is 0 Å². The van der Waals surface area contributed by atoms with Gasteiger partial charge in [-0.3, -0.25) is 14.3 Å². The first-order valence-electron chi connectivity index (χ1n) is 10.2. The maximum Gasteiger partial charge on any atom is 0.261 e. The third-order valence-corrected chi connectivity index (χ3v) is 6.55. The fourth-order valence-corrected chi connectivity index (χ4v) is 4.20. The van der Waals surface area contributed by atoms with E-state index in [4.69, 9.17) is 0 Å². The molecule has 1 saturated carbocycles. The molecule has 1 fully saturated rings. The van der Waals surface area contributed by atoms with Crippen LogP contribution in [0.5, 0.6) is 0 Å². The van der Waals surface area contributed by atoms with Crippen molar-refractivity contribution in [3.05, 3.63) is 83.9 Å². The highest BCUT2D eigenvalue weighted by molar-refractivity contribution is 7.92. The summed E-state index contributed by atoms with van der Waals surface area (Å²) in [7, 11) is -3.70. The molecule has 3 aromatic rings. The van der Waals surface area contributed by atoms with Crippen LogP contribution in [0.15, 0.2) is 77.7 Å². The van der Waals surface area contributed by atoms with Gasteiger partial charge in [0.2, 0.25) is 5.91 Å². The lowest BCUT2D eigenvalue weighted by molar-refractivity contribution is -0.117. The van der Waals surface area contributed by atoms with E-state index in [-0.39, 0.29) is 22.6 Å². The standard InChI is InChI=1S/C24H23N3O4S/c1-16-7-12-20(25-23(28)17-8-9-17)15-22(16)26-24(29)18-10-13-19(14-11-18)27-32(30,31)21-5-3-2-4-6-21/h2-7,10-15,17,27H,8-9H2,1H3,(H,25,28)(H,26,29). The van der Waals surface area contributed by atoms with Crippen LogP contribution in [-0.2, 0) is 14.8 Å². The van der Waals surface area contributed by atoms with Crippen LogP contribution in [0.3, 0.4) is 0 Å². The molecule has 0 aromatic heterocycles. The van der Waals surface area contributed by atoms with E-state index >= 15 is 0 Å². The Balaban J connectivity index is 1.43. The van der Waals surface area contributed by atoms with E-state index < -0.39 is 10.0 Å². The van der Waals surface area contributed by atoms with Crippen molar-refractivity contribution in [1.82, 2.24) is 0 Å². The van der Waals surface area contributed by atoms with E-state index in [0.717, 1.165) is 18.4 Å². The molecular weight excluding hydrogens is 426 g/mol. The van der Waals surface area contributed by atoms with Crippen LogP contribution in [0.2, 0.25) is 0 Å². The van der Waals surface area contributed by atoms with Gasteiger partial charge < -0.3 is 10.6 Å². The lowest BCUT2D eigenvalue weighted by atomic mass is 10.1.